The summed E-state index contributed by atoms with van der Waals surface area (Å²) in [4.78, 5) is 24.3. The van der Waals surface area contributed by atoms with Gasteiger partial charge >= 0.3 is 6.03 Å². The zero-order valence-electron chi connectivity index (χ0n) is 18.4. The Morgan fingerprint density at radius 2 is 1.58 bits per heavy atom. The summed E-state index contributed by atoms with van der Waals surface area (Å²) in [6, 6.07) is 9.64. The van der Waals surface area contributed by atoms with E-state index in [1.165, 1.54) is 21.3 Å². The van der Waals surface area contributed by atoms with E-state index in [1.54, 1.807) is 43.3 Å². The first-order valence-electron chi connectivity index (χ1n) is 9.78. The summed E-state index contributed by atoms with van der Waals surface area (Å²) in [5.74, 6) is 1.82. The lowest BCUT2D eigenvalue weighted by atomic mass is 10.1. The summed E-state index contributed by atoms with van der Waals surface area (Å²) in [7, 11) is 4.57. The quantitative estimate of drug-likeness (QED) is 0.534. The lowest BCUT2D eigenvalue weighted by Gasteiger charge is -2.19. The molecule has 2 rings (SSSR count). The van der Waals surface area contributed by atoms with Crippen LogP contribution in [-0.2, 0) is 4.79 Å². The van der Waals surface area contributed by atoms with Crippen molar-refractivity contribution in [2.24, 2.45) is 0 Å². The smallest absolute Gasteiger partial charge is 0.315 e. The summed E-state index contributed by atoms with van der Waals surface area (Å²) in [6.07, 6.45) is 0. The zero-order chi connectivity index (χ0) is 22.8. The van der Waals surface area contributed by atoms with Crippen molar-refractivity contribution in [1.82, 2.24) is 10.6 Å². The van der Waals surface area contributed by atoms with E-state index in [2.05, 4.69) is 16.0 Å². The number of benzene rings is 2. The van der Waals surface area contributed by atoms with Crippen molar-refractivity contribution in [1.29, 1.82) is 0 Å². The second-order valence-electron chi connectivity index (χ2n) is 6.51. The fraction of sp³-hybridized carbons (Fsp3) is 0.364. The second-order valence-corrected chi connectivity index (χ2v) is 6.51. The van der Waals surface area contributed by atoms with E-state index in [4.69, 9.17) is 18.9 Å². The zero-order valence-corrected chi connectivity index (χ0v) is 18.4. The van der Waals surface area contributed by atoms with Gasteiger partial charge in [-0.25, -0.2) is 4.79 Å². The maximum absolute atomic E-state index is 12.2. The number of amides is 3. The Kier molecular flexibility index (Phi) is 8.80. The highest BCUT2D eigenvalue weighted by Crippen LogP contribution is 2.39. The summed E-state index contributed by atoms with van der Waals surface area (Å²) in [6.45, 7) is 4.09. The molecule has 0 bridgehead atoms. The molecule has 0 spiro atoms. The van der Waals surface area contributed by atoms with E-state index in [0.29, 0.717) is 29.5 Å². The van der Waals surface area contributed by atoms with E-state index < -0.39 is 6.03 Å². The molecule has 0 aromatic heterocycles. The SMILES string of the molecule is CCOc1ccc(NC(=O)CNC(=O)NC(C)c2cc(OC)c(OC)c(OC)c2)cc1. The van der Waals surface area contributed by atoms with Crippen molar-refractivity contribution < 1.29 is 28.5 Å². The minimum atomic E-state index is -0.483. The van der Waals surface area contributed by atoms with Crippen LogP contribution >= 0.6 is 0 Å². The fourth-order valence-corrected chi connectivity index (χ4v) is 2.85. The standard InChI is InChI=1S/C22H29N3O6/c1-6-31-17-9-7-16(8-10-17)25-20(26)13-23-22(27)24-14(2)15-11-18(28-3)21(30-5)19(12-15)29-4/h7-12,14H,6,13H2,1-5H3,(H,25,26)(H2,23,24,27). The molecule has 0 saturated carbocycles. The first-order chi connectivity index (χ1) is 14.9. The molecular formula is C22H29N3O6. The highest BCUT2D eigenvalue weighted by Gasteiger charge is 2.18. The van der Waals surface area contributed by atoms with Crippen molar-refractivity contribution >= 4 is 17.6 Å². The van der Waals surface area contributed by atoms with Crippen molar-refractivity contribution in [3.05, 3.63) is 42.0 Å². The minimum absolute atomic E-state index is 0.180. The predicted molar refractivity (Wildman–Crippen MR) is 117 cm³/mol. The molecule has 1 atom stereocenters. The molecule has 0 aliphatic rings. The first-order valence-corrected chi connectivity index (χ1v) is 9.78. The summed E-state index contributed by atoms with van der Waals surface area (Å²) < 4.78 is 21.3. The van der Waals surface area contributed by atoms with Gasteiger partial charge in [0.1, 0.15) is 5.75 Å². The molecule has 2 aromatic carbocycles. The summed E-state index contributed by atoms with van der Waals surface area (Å²) in [5.41, 5.74) is 1.37. The van der Waals surface area contributed by atoms with E-state index in [9.17, 15) is 9.59 Å². The molecule has 3 amide bonds. The highest BCUT2D eigenvalue weighted by molar-refractivity contribution is 5.94. The molecule has 31 heavy (non-hydrogen) atoms. The van der Waals surface area contributed by atoms with Crippen LogP contribution in [0.4, 0.5) is 10.5 Å². The van der Waals surface area contributed by atoms with E-state index >= 15 is 0 Å². The van der Waals surface area contributed by atoms with Crippen LogP contribution in [0.5, 0.6) is 23.0 Å². The van der Waals surface area contributed by atoms with Crippen LogP contribution in [0.2, 0.25) is 0 Å². The minimum Gasteiger partial charge on any atom is -0.494 e. The highest BCUT2D eigenvalue weighted by atomic mass is 16.5. The van der Waals surface area contributed by atoms with Crippen LogP contribution in [0, 0.1) is 0 Å². The van der Waals surface area contributed by atoms with Crippen LogP contribution in [0.1, 0.15) is 25.5 Å². The third-order valence-electron chi connectivity index (χ3n) is 4.39. The van der Waals surface area contributed by atoms with Crippen LogP contribution in [0.25, 0.3) is 0 Å². The third kappa shape index (κ3) is 6.70. The number of urea groups is 1. The molecule has 0 aliphatic carbocycles. The number of hydrogen-bond acceptors (Lipinski definition) is 6. The Labute approximate surface area is 182 Å². The number of rotatable bonds is 10. The van der Waals surface area contributed by atoms with Crippen LogP contribution < -0.4 is 34.9 Å². The summed E-state index contributed by atoms with van der Waals surface area (Å²) >= 11 is 0. The van der Waals surface area contributed by atoms with Gasteiger partial charge in [-0.1, -0.05) is 0 Å². The Morgan fingerprint density at radius 3 is 2.10 bits per heavy atom. The molecule has 9 nitrogen and oxygen atoms in total. The molecule has 2 aromatic rings. The third-order valence-corrected chi connectivity index (χ3v) is 4.39. The van der Waals surface area contributed by atoms with E-state index in [1.807, 2.05) is 6.92 Å². The average molecular weight is 431 g/mol. The number of methoxy groups -OCH3 is 3. The topological polar surface area (TPSA) is 107 Å². The van der Waals surface area contributed by atoms with E-state index in [0.717, 1.165) is 11.3 Å². The number of anilines is 1. The Hall–Kier alpha value is -3.62. The molecule has 1 unspecified atom stereocenters. The monoisotopic (exact) mass is 431 g/mol. The molecular weight excluding hydrogens is 402 g/mol. The molecule has 0 fully saturated rings. The van der Waals surface area contributed by atoms with Gasteiger partial charge in [0.2, 0.25) is 11.7 Å². The van der Waals surface area contributed by atoms with Gasteiger partial charge in [-0.05, 0) is 55.8 Å². The van der Waals surface area contributed by atoms with Gasteiger partial charge < -0.3 is 34.9 Å². The fourth-order valence-electron chi connectivity index (χ4n) is 2.85. The number of carbonyl (C=O) groups excluding carboxylic acids is 2. The first kappa shape index (κ1) is 23.7. The molecule has 168 valence electrons. The number of ether oxygens (including phenoxy) is 4. The Morgan fingerprint density at radius 1 is 0.968 bits per heavy atom. The molecule has 3 N–H and O–H groups in total. The van der Waals surface area contributed by atoms with Gasteiger partial charge in [0.25, 0.3) is 0 Å². The van der Waals surface area contributed by atoms with Gasteiger partial charge in [0, 0.05) is 5.69 Å². The lowest BCUT2D eigenvalue weighted by Crippen LogP contribution is -2.41. The maximum atomic E-state index is 12.2. The lowest BCUT2D eigenvalue weighted by molar-refractivity contribution is -0.115. The van der Waals surface area contributed by atoms with Gasteiger partial charge in [0.15, 0.2) is 11.5 Å². The number of hydrogen-bond donors (Lipinski definition) is 3. The van der Waals surface area contributed by atoms with Crippen molar-refractivity contribution in [2.45, 2.75) is 19.9 Å². The molecule has 0 aliphatic heterocycles. The molecule has 0 heterocycles. The van der Waals surface area contributed by atoms with Crippen LogP contribution in [-0.4, -0.2) is 46.4 Å². The van der Waals surface area contributed by atoms with E-state index in [-0.39, 0.29) is 18.5 Å². The van der Waals surface area contributed by atoms with Crippen molar-refractivity contribution in [2.75, 3.05) is 39.8 Å². The number of carbonyl (C=O) groups is 2. The van der Waals surface area contributed by atoms with Crippen molar-refractivity contribution in [3.8, 4) is 23.0 Å². The van der Waals surface area contributed by atoms with Gasteiger partial charge in [-0.2, -0.15) is 0 Å². The van der Waals surface area contributed by atoms with Gasteiger partial charge in [-0.3, -0.25) is 4.79 Å². The molecule has 0 radical (unpaired) electrons. The second kappa shape index (κ2) is 11.5. The Bertz CT molecular complexity index is 860. The van der Waals surface area contributed by atoms with Crippen LogP contribution in [0.3, 0.4) is 0 Å². The largest absolute Gasteiger partial charge is 0.494 e. The summed E-state index contributed by atoms with van der Waals surface area (Å²) in [5, 5.41) is 8.03. The Balaban J connectivity index is 1.89. The van der Waals surface area contributed by atoms with Crippen molar-refractivity contribution in [3.63, 3.8) is 0 Å². The predicted octanol–water partition coefficient (Wildman–Crippen LogP) is 3.11. The normalized spacial score (nSPS) is 11.1. The van der Waals surface area contributed by atoms with Gasteiger partial charge in [-0.15, -0.1) is 0 Å². The molecule has 0 saturated heterocycles. The van der Waals surface area contributed by atoms with Gasteiger partial charge in [0.05, 0.1) is 40.5 Å². The molecule has 9 heteroatoms. The number of nitrogens with one attached hydrogen (secondary N) is 3. The average Bonchev–Trinajstić information content (AvgIpc) is 2.78. The van der Waals surface area contributed by atoms with Crippen LogP contribution in [0.15, 0.2) is 36.4 Å². The maximum Gasteiger partial charge on any atom is 0.315 e.